The Balaban J connectivity index is 1.31. The molecule has 234 valence electrons. The van der Waals surface area contributed by atoms with Crippen molar-refractivity contribution in [1.82, 2.24) is 24.4 Å². The highest BCUT2D eigenvalue weighted by atomic mass is 19.4. The molecule has 2 fully saturated rings. The number of hydrogen-bond donors (Lipinski definition) is 1. The molecule has 0 unspecified atom stereocenters. The molecule has 12 heteroatoms. The predicted octanol–water partition coefficient (Wildman–Crippen LogP) is 5.97. The van der Waals surface area contributed by atoms with Crippen LogP contribution in [0.5, 0.6) is 0 Å². The van der Waals surface area contributed by atoms with E-state index < -0.39 is 23.8 Å². The summed E-state index contributed by atoms with van der Waals surface area (Å²) in [6, 6.07) is 4.91. The maximum Gasteiger partial charge on any atom is 0.433 e. The molecule has 1 aliphatic carbocycles. The average molecular weight is 619 g/mol. The number of hydrogen-bond acceptors (Lipinski definition) is 6. The number of nitrogens with one attached hydrogen (secondary N) is 1. The number of aryl methyl sites for hydroxylation is 4. The molecule has 2 amide bonds. The summed E-state index contributed by atoms with van der Waals surface area (Å²) in [5.74, 6) is -1.24. The molecular weight excluding hydrogens is 585 g/mol. The molecule has 0 spiro atoms. The fourth-order valence-corrected chi connectivity index (χ4v) is 6.49. The van der Waals surface area contributed by atoms with E-state index >= 15 is 0 Å². The SMILES string of the molecule is CC(=O)c1cn(CC(=O)N2[C@H](C(=O)Nc3nc(C(F)(F)F)ccc3C)C[C@@]3(C)C[C@@H]23)c2c(C)cc(-c3cnc(C)c(C)n3)cc12. The molecule has 0 bridgehead atoms. The Bertz CT molecular complexity index is 1920. The van der Waals surface area contributed by atoms with Gasteiger partial charge in [0.15, 0.2) is 5.78 Å². The first kappa shape index (κ1) is 30.4. The molecule has 4 heterocycles. The van der Waals surface area contributed by atoms with E-state index in [1.807, 2.05) is 39.8 Å². The van der Waals surface area contributed by atoms with Crippen LogP contribution < -0.4 is 5.32 Å². The van der Waals surface area contributed by atoms with E-state index in [4.69, 9.17) is 0 Å². The van der Waals surface area contributed by atoms with Crippen LogP contribution in [0, 0.1) is 33.1 Å². The van der Waals surface area contributed by atoms with Crippen LogP contribution in [0.15, 0.2) is 36.7 Å². The van der Waals surface area contributed by atoms with Gasteiger partial charge in [-0.3, -0.25) is 19.4 Å². The Hall–Kier alpha value is -4.61. The molecule has 45 heavy (non-hydrogen) atoms. The van der Waals surface area contributed by atoms with Gasteiger partial charge in [0.1, 0.15) is 24.1 Å². The Morgan fingerprint density at radius 1 is 1.02 bits per heavy atom. The van der Waals surface area contributed by atoms with Crippen LogP contribution in [0.3, 0.4) is 0 Å². The van der Waals surface area contributed by atoms with Crippen molar-refractivity contribution in [3.8, 4) is 11.3 Å². The standard InChI is InChI=1S/C33H33F3N6O3/c1-16-7-8-26(33(34,35)36)39-30(16)40-31(45)25-11-32(6)12-27(32)42(25)28(44)15-41-14-23(20(5)43)22-10-21(9-17(2)29(22)41)24-13-37-18(3)19(4)38-24/h7-10,13-14,25,27H,11-12,15H2,1-6H3,(H,39,40,45)/t25-,27+,32-/m0/s1. The van der Waals surface area contributed by atoms with E-state index in [-0.39, 0.29) is 35.5 Å². The smallest absolute Gasteiger partial charge is 0.337 e. The first-order valence-electron chi connectivity index (χ1n) is 14.7. The van der Waals surface area contributed by atoms with Crippen molar-refractivity contribution in [2.24, 2.45) is 5.41 Å². The number of halogens is 3. The number of alkyl halides is 3. The number of ketones is 1. The maximum atomic E-state index is 14.0. The highest BCUT2D eigenvalue weighted by Gasteiger charge is 2.64. The largest absolute Gasteiger partial charge is 0.433 e. The van der Waals surface area contributed by atoms with Crippen LogP contribution in [-0.2, 0) is 22.3 Å². The Kier molecular flexibility index (Phi) is 7.09. The van der Waals surface area contributed by atoms with Gasteiger partial charge >= 0.3 is 6.18 Å². The van der Waals surface area contributed by atoms with Crippen LogP contribution in [0.1, 0.15) is 65.3 Å². The van der Waals surface area contributed by atoms with Gasteiger partial charge in [0, 0.05) is 28.8 Å². The molecular formula is C33H33F3N6O3. The van der Waals surface area contributed by atoms with E-state index in [0.29, 0.717) is 28.6 Å². The summed E-state index contributed by atoms with van der Waals surface area (Å²) in [6.45, 7) is 10.6. The van der Waals surface area contributed by atoms with Crippen molar-refractivity contribution < 1.29 is 27.6 Å². The molecule has 4 aromatic rings. The lowest BCUT2D eigenvalue weighted by atomic mass is 10.0. The third-order valence-electron chi connectivity index (χ3n) is 9.19. The van der Waals surface area contributed by atoms with Gasteiger partial charge in [-0.2, -0.15) is 13.2 Å². The lowest BCUT2D eigenvalue weighted by Crippen LogP contribution is -2.46. The van der Waals surface area contributed by atoms with Crippen molar-refractivity contribution in [2.75, 3.05) is 5.32 Å². The molecule has 3 atom stereocenters. The molecule has 1 saturated heterocycles. The lowest BCUT2D eigenvalue weighted by Gasteiger charge is -2.27. The zero-order valence-corrected chi connectivity index (χ0v) is 25.8. The summed E-state index contributed by atoms with van der Waals surface area (Å²) in [6.07, 6.45) is -0.188. The van der Waals surface area contributed by atoms with Crippen molar-refractivity contribution in [2.45, 2.75) is 79.2 Å². The quantitative estimate of drug-likeness (QED) is 0.267. The number of benzene rings is 1. The summed E-state index contributed by atoms with van der Waals surface area (Å²) < 4.78 is 41.6. The predicted molar refractivity (Wildman–Crippen MR) is 162 cm³/mol. The minimum atomic E-state index is -4.67. The van der Waals surface area contributed by atoms with Gasteiger partial charge in [0.05, 0.1) is 28.8 Å². The first-order chi connectivity index (χ1) is 21.1. The minimum Gasteiger partial charge on any atom is -0.337 e. The number of amides is 2. The van der Waals surface area contributed by atoms with E-state index in [9.17, 15) is 27.6 Å². The van der Waals surface area contributed by atoms with Crippen LogP contribution in [0.2, 0.25) is 0 Å². The number of Topliss-reactive ketones (excluding diaryl/α,β-unsaturated/α-hetero) is 1. The zero-order chi connectivity index (χ0) is 32.6. The summed E-state index contributed by atoms with van der Waals surface area (Å²) >= 11 is 0. The molecule has 2 aliphatic rings. The second-order valence-electron chi connectivity index (χ2n) is 12.6. The topological polar surface area (TPSA) is 110 Å². The summed E-state index contributed by atoms with van der Waals surface area (Å²) in [4.78, 5) is 54.5. The molecule has 9 nitrogen and oxygen atoms in total. The molecule has 1 aromatic carbocycles. The number of pyridine rings is 1. The van der Waals surface area contributed by atoms with E-state index in [2.05, 4.69) is 20.3 Å². The third-order valence-corrected chi connectivity index (χ3v) is 9.19. The van der Waals surface area contributed by atoms with Crippen molar-refractivity contribution in [3.05, 3.63) is 70.4 Å². The Morgan fingerprint density at radius 2 is 1.76 bits per heavy atom. The van der Waals surface area contributed by atoms with E-state index in [1.54, 1.807) is 28.8 Å². The normalized spacial score (nSPS) is 20.8. The molecule has 1 aliphatic heterocycles. The van der Waals surface area contributed by atoms with Gasteiger partial charge in [-0.05, 0) is 82.2 Å². The number of carbonyl (C=O) groups excluding carboxylic acids is 3. The highest BCUT2D eigenvalue weighted by molar-refractivity contribution is 6.09. The molecule has 6 rings (SSSR count). The van der Waals surface area contributed by atoms with Gasteiger partial charge in [-0.1, -0.05) is 13.0 Å². The summed E-state index contributed by atoms with van der Waals surface area (Å²) in [5.41, 5.74) is 4.12. The van der Waals surface area contributed by atoms with Crippen LogP contribution in [0.25, 0.3) is 22.2 Å². The average Bonchev–Trinajstić information content (AvgIpc) is 3.31. The number of fused-ring (bicyclic) bond motifs is 2. The second-order valence-corrected chi connectivity index (χ2v) is 12.6. The highest BCUT2D eigenvalue weighted by Crippen LogP contribution is 2.59. The van der Waals surface area contributed by atoms with E-state index in [0.717, 1.165) is 40.5 Å². The third kappa shape index (κ3) is 5.36. The maximum absolute atomic E-state index is 14.0. The number of rotatable bonds is 6. The molecule has 1 saturated carbocycles. The number of nitrogens with zero attached hydrogens (tertiary/aromatic N) is 5. The summed E-state index contributed by atoms with van der Waals surface area (Å²) in [7, 11) is 0. The number of piperidine rings is 1. The van der Waals surface area contributed by atoms with Gasteiger partial charge in [-0.25, -0.2) is 9.97 Å². The summed E-state index contributed by atoms with van der Waals surface area (Å²) in [5, 5.41) is 3.24. The van der Waals surface area contributed by atoms with Crippen LogP contribution in [0.4, 0.5) is 19.0 Å². The molecule has 3 aromatic heterocycles. The minimum absolute atomic E-state index is 0.120. The Morgan fingerprint density at radius 3 is 2.42 bits per heavy atom. The van der Waals surface area contributed by atoms with Gasteiger partial charge in [0.2, 0.25) is 11.8 Å². The fourth-order valence-electron chi connectivity index (χ4n) is 6.49. The fraction of sp³-hybridized carbons (Fsp3) is 0.394. The monoisotopic (exact) mass is 618 g/mol. The van der Waals surface area contributed by atoms with E-state index in [1.165, 1.54) is 13.0 Å². The molecule has 1 N–H and O–H groups in total. The number of likely N-dealkylation sites (tertiary alicyclic amines) is 1. The van der Waals surface area contributed by atoms with Crippen molar-refractivity contribution >= 4 is 34.3 Å². The van der Waals surface area contributed by atoms with Gasteiger partial charge in [-0.15, -0.1) is 0 Å². The van der Waals surface area contributed by atoms with Crippen molar-refractivity contribution in [1.29, 1.82) is 0 Å². The Labute approximate surface area is 257 Å². The second kappa shape index (κ2) is 10.5. The van der Waals surface area contributed by atoms with Crippen LogP contribution >= 0.6 is 0 Å². The number of anilines is 1. The van der Waals surface area contributed by atoms with Crippen LogP contribution in [-0.4, -0.2) is 54.1 Å². The molecule has 0 radical (unpaired) electrons. The first-order valence-corrected chi connectivity index (χ1v) is 14.7. The number of aromatic nitrogens is 4. The lowest BCUT2D eigenvalue weighted by molar-refractivity contribution is -0.141. The van der Waals surface area contributed by atoms with Crippen molar-refractivity contribution in [3.63, 3.8) is 0 Å². The van der Waals surface area contributed by atoms with Gasteiger partial charge in [0.25, 0.3) is 0 Å². The zero-order valence-electron chi connectivity index (χ0n) is 25.8. The number of carbonyl (C=O) groups is 3. The van der Waals surface area contributed by atoms with Gasteiger partial charge < -0.3 is 14.8 Å².